The molecule has 0 aliphatic carbocycles. The summed E-state index contributed by atoms with van der Waals surface area (Å²) in [6, 6.07) is 13.9. The summed E-state index contributed by atoms with van der Waals surface area (Å²) in [5.41, 5.74) is 7.71. The summed E-state index contributed by atoms with van der Waals surface area (Å²) in [5, 5.41) is 18.2. The summed E-state index contributed by atoms with van der Waals surface area (Å²) in [7, 11) is 0. The predicted molar refractivity (Wildman–Crippen MR) is 76.1 cm³/mol. The first-order valence-electron chi connectivity index (χ1n) is 5.75. The lowest BCUT2D eigenvalue weighted by Gasteiger charge is -2.09. The molecule has 20 heavy (non-hydrogen) atoms. The molecule has 5 heteroatoms. The number of rotatable bonds is 3. The zero-order valence-corrected chi connectivity index (χ0v) is 11.2. The molecule has 2 N–H and O–H groups in total. The molecule has 98 valence electrons. The van der Waals surface area contributed by atoms with Crippen LogP contribution < -0.4 is 10.5 Å². The minimum Gasteiger partial charge on any atom is -0.487 e. The van der Waals surface area contributed by atoms with E-state index in [-0.39, 0.29) is 6.61 Å². The quantitative estimate of drug-likeness (QED) is 0.877. The van der Waals surface area contributed by atoms with Gasteiger partial charge in [-0.2, -0.15) is 10.5 Å². The number of benzene rings is 2. The minimum absolute atomic E-state index is 0.211. The van der Waals surface area contributed by atoms with E-state index >= 15 is 0 Å². The van der Waals surface area contributed by atoms with Gasteiger partial charge in [-0.05, 0) is 30.3 Å². The monoisotopic (exact) mass is 283 g/mol. The topological polar surface area (TPSA) is 82.8 Å². The zero-order valence-electron chi connectivity index (χ0n) is 10.4. The van der Waals surface area contributed by atoms with Crippen molar-refractivity contribution in [3.8, 4) is 17.9 Å². The van der Waals surface area contributed by atoms with E-state index in [1.54, 1.807) is 36.4 Å². The third kappa shape index (κ3) is 3.00. The van der Waals surface area contributed by atoms with Crippen molar-refractivity contribution >= 4 is 17.3 Å². The number of halogens is 1. The highest BCUT2D eigenvalue weighted by molar-refractivity contribution is 6.31. The summed E-state index contributed by atoms with van der Waals surface area (Å²) >= 11 is 6.06. The normalized spacial score (nSPS) is 9.55. The smallest absolute Gasteiger partial charge is 0.137 e. The second-order valence-corrected chi connectivity index (χ2v) is 4.48. The molecule has 0 amide bonds. The number of nitrogens with zero attached hydrogens (tertiary/aromatic N) is 2. The molecule has 0 bridgehead atoms. The molecule has 0 heterocycles. The van der Waals surface area contributed by atoms with Gasteiger partial charge in [0.05, 0.1) is 17.2 Å². The van der Waals surface area contributed by atoms with Gasteiger partial charge in [-0.15, -0.1) is 0 Å². The van der Waals surface area contributed by atoms with E-state index in [0.717, 1.165) is 5.56 Å². The Hall–Kier alpha value is -2.69. The molecule has 2 aromatic carbocycles. The first kappa shape index (κ1) is 13.7. The first-order valence-corrected chi connectivity index (χ1v) is 6.13. The number of hydrogen-bond donors (Lipinski definition) is 1. The molecule has 0 fully saturated rings. The lowest BCUT2D eigenvalue weighted by molar-refractivity contribution is 0.305. The van der Waals surface area contributed by atoms with Crippen LogP contribution in [-0.2, 0) is 6.61 Å². The van der Waals surface area contributed by atoms with Gasteiger partial charge in [0.1, 0.15) is 18.4 Å². The summed E-state index contributed by atoms with van der Waals surface area (Å²) < 4.78 is 5.58. The standard InChI is InChI=1S/C15H10ClN3O/c16-14-5-10(7-17)1-2-11(14)9-20-15-4-3-13(19)6-12(15)8-18/h1-6H,9,19H2. The Balaban J connectivity index is 2.18. The van der Waals surface area contributed by atoms with Crippen LogP contribution in [0, 0.1) is 22.7 Å². The first-order chi connectivity index (χ1) is 9.63. The number of hydrogen-bond acceptors (Lipinski definition) is 4. The Bertz CT molecular complexity index is 729. The summed E-state index contributed by atoms with van der Waals surface area (Å²) in [6.07, 6.45) is 0. The highest BCUT2D eigenvalue weighted by atomic mass is 35.5. The molecule has 0 aromatic heterocycles. The maximum atomic E-state index is 9.02. The second kappa shape index (κ2) is 5.97. The molecule has 0 saturated heterocycles. The maximum Gasteiger partial charge on any atom is 0.137 e. The molecule has 0 spiro atoms. The largest absolute Gasteiger partial charge is 0.487 e. The van der Waals surface area contributed by atoms with E-state index in [9.17, 15) is 0 Å². The van der Waals surface area contributed by atoms with Gasteiger partial charge in [-0.1, -0.05) is 17.7 Å². The van der Waals surface area contributed by atoms with Gasteiger partial charge in [0.25, 0.3) is 0 Å². The minimum atomic E-state index is 0.211. The number of nitrogen functional groups attached to an aromatic ring is 1. The van der Waals surface area contributed by atoms with Crippen molar-refractivity contribution in [2.75, 3.05) is 5.73 Å². The number of nitrogens with two attached hydrogens (primary N) is 1. The average Bonchev–Trinajstić information content (AvgIpc) is 2.46. The third-order valence-corrected chi connectivity index (χ3v) is 3.04. The number of ether oxygens (including phenoxy) is 1. The van der Waals surface area contributed by atoms with Gasteiger partial charge in [0, 0.05) is 16.3 Å². The molecule has 0 aliphatic heterocycles. The zero-order chi connectivity index (χ0) is 14.5. The third-order valence-electron chi connectivity index (χ3n) is 2.69. The highest BCUT2D eigenvalue weighted by Crippen LogP contribution is 2.24. The fourth-order valence-electron chi connectivity index (χ4n) is 1.65. The fourth-order valence-corrected chi connectivity index (χ4v) is 1.89. The summed E-state index contributed by atoms with van der Waals surface area (Å²) in [6.45, 7) is 0.211. The van der Waals surface area contributed by atoms with Crippen LogP contribution in [0.1, 0.15) is 16.7 Å². The van der Waals surface area contributed by atoms with Crippen molar-refractivity contribution in [3.63, 3.8) is 0 Å². The van der Waals surface area contributed by atoms with Gasteiger partial charge in [0.15, 0.2) is 0 Å². The Morgan fingerprint density at radius 3 is 2.55 bits per heavy atom. The predicted octanol–water partition coefficient (Wildman–Crippen LogP) is 3.24. The molecule has 0 aliphatic rings. The molecule has 0 saturated carbocycles. The fraction of sp³-hybridized carbons (Fsp3) is 0.0667. The lowest BCUT2D eigenvalue weighted by atomic mass is 10.1. The highest BCUT2D eigenvalue weighted by Gasteiger charge is 2.07. The Kier molecular flexibility index (Phi) is 4.10. The Morgan fingerprint density at radius 2 is 1.90 bits per heavy atom. The van der Waals surface area contributed by atoms with Crippen molar-refractivity contribution in [3.05, 3.63) is 58.1 Å². The van der Waals surface area contributed by atoms with Gasteiger partial charge in [0.2, 0.25) is 0 Å². The van der Waals surface area contributed by atoms with Crippen molar-refractivity contribution in [2.24, 2.45) is 0 Å². The van der Waals surface area contributed by atoms with E-state index in [4.69, 9.17) is 32.6 Å². The van der Waals surface area contributed by atoms with E-state index in [0.29, 0.717) is 27.6 Å². The molecule has 2 rings (SSSR count). The molecule has 4 nitrogen and oxygen atoms in total. The second-order valence-electron chi connectivity index (χ2n) is 4.07. The average molecular weight is 284 g/mol. The van der Waals surface area contributed by atoms with Crippen molar-refractivity contribution < 1.29 is 4.74 Å². The van der Waals surface area contributed by atoms with Gasteiger partial charge >= 0.3 is 0 Å². The molecular formula is C15H10ClN3O. The van der Waals surface area contributed by atoms with E-state index in [1.807, 2.05) is 12.1 Å². The lowest BCUT2D eigenvalue weighted by Crippen LogP contribution is -1.99. The molecule has 0 unspecified atom stereocenters. The van der Waals surface area contributed by atoms with Crippen molar-refractivity contribution in [1.29, 1.82) is 10.5 Å². The Labute approximate surface area is 121 Å². The Morgan fingerprint density at radius 1 is 1.10 bits per heavy atom. The number of nitriles is 2. The molecule has 0 atom stereocenters. The van der Waals surface area contributed by atoms with Crippen molar-refractivity contribution in [1.82, 2.24) is 0 Å². The SMILES string of the molecule is N#Cc1ccc(COc2ccc(N)cc2C#N)c(Cl)c1. The molecule has 2 aromatic rings. The van der Waals surface area contributed by atoms with Crippen LogP contribution in [0.25, 0.3) is 0 Å². The molecule has 0 radical (unpaired) electrons. The van der Waals surface area contributed by atoms with Crippen LogP contribution in [0.5, 0.6) is 5.75 Å². The van der Waals surface area contributed by atoms with Crippen molar-refractivity contribution in [2.45, 2.75) is 6.61 Å². The van der Waals surface area contributed by atoms with Gasteiger partial charge in [-0.25, -0.2) is 0 Å². The maximum absolute atomic E-state index is 9.02. The van der Waals surface area contributed by atoms with Crippen LogP contribution in [0.3, 0.4) is 0 Å². The van der Waals surface area contributed by atoms with Crippen LogP contribution >= 0.6 is 11.6 Å². The van der Waals surface area contributed by atoms with Crippen LogP contribution in [0.4, 0.5) is 5.69 Å². The van der Waals surface area contributed by atoms with Gasteiger partial charge < -0.3 is 10.5 Å². The van der Waals surface area contributed by atoms with Crippen LogP contribution in [0.2, 0.25) is 5.02 Å². The van der Waals surface area contributed by atoms with Crippen LogP contribution in [-0.4, -0.2) is 0 Å². The number of anilines is 1. The van der Waals surface area contributed by atoms with Crippen LogP contribution in [0.15, 0.2) is 36.4 Å². The van der Waals surface area contributed by atoms with E-state index in [2.05, 4.69) is 0 Å². The van der Waals surface area contributed by atoms with E-state index < -0.39 is 0 Å². The molecular weight excluding hydrogens is 274 g/mol. The summed E-state index contributed by atoms with van der Waals surface area (Å²) in [5.74, 6) is 0.446. The summed E-state index contributed by atoms with van der Waals surface area (Å²) in [4.78, 5) is 0. The van der Waals surface area contributed by atoms with Gasteiger partial charge in [-0.3, -0.25) is 0 Å². The van der Waals surface area contributed by atoms with E-state index in [1.165, 1.54) is 0 Å².